The van der Waals surface area contributed by atoms with Crippen molar-refractivity contribution >= 4 is 17.4 Å². The zero-order chi connectivity index (χ0) is 18.7. The highest BCUT2D eigenvalue weighted by atomic mass is 16.7. The molecule has 2 fully saturated rings. The second-order valence-corrected chi connectivity index (χ2v) is 6.86. The van der Waals surface area contributed by atoms with Crippen LogP contribution in [0.15, 0.2) is 36.7 Å². The van der Waals surface area contributed by atoms with E-state index in [1.165, 1.54) is 11.9 Å². The molecule has 4 rings (SSSR count). The summed E-state index contributed by atoms with van der Waals surface area (Å²) in [5.41, 5.74) is 2.60. The highest BCUT2D eigenvalue weighted by Gasteiger charge is 2.41. The smallest absolute Gasteiger partial charge is 0.272 e. The molecular formula is C20H24N4O3. The van der Waals surface area contributed by atoms with Crippen LogP contribution in [0.2, 0.25) is 0 Å². The highest BCUT2D eigenvalue weighted by Crippen LogP contribution is 2.31. The third-order valence-corrected chi connectivity index (χ3v) is 5.15. The SMILES string of the molecule is CCc1ccc(Nc2cc(C(=O)N3CCC4(CC3)OCCO4)ncn2)cc1. The summed E-state index contributed by atoms with van der Waals surface area (Å²) in [6.07, 6.45) is 3.81. The van der Waals surface area contributed by atoms with E-state index < -0.39 is 5.79 Å². The number of aromatic nitrogens is 2. The molecular weight excluding hydrogens is 344 g/mol. The molecule has 0 unspecified atom stereocenters. The van der Waals surface area contributed by atoms with Gasteiger partial charge in [-0.15, -0.1) is 0 Å². The first-order valence-corrected chi connectivity index (χ1v) is 9.43. The Kier molecular flexibility index (Phi) is 5.05. The molecule has 0 aliphatic carbocycles. The minimum Gasteiger partial charge on any atom is -0.347 e. The molecule has 0 bridgehead atoms. The van der Waals surface area contributed by atoms with Gasteiger partial charge in [-0.1, -0.05) is 19.1 Å². The van der Waals surface area contributed by atoms with Gasteiger partial charge in [0.2, 0.25) is 0 Å². The fourth-order valence-electron chi connectivity index (χ4n) is 3.51. The summed E-state index contributed by atoms with van der Waals surface area (Å²) in [6, 6.07) is 9.86. The van der Waals surface area contributed by atoms with Crippen molar-refractivity contribution in [2.24, 2.45) is 0 Å². The number of anilines is 2. The standard InChI is InChI=1S/C20H24N4O3/c1-2-15-3-5-16(6-4-15)23-18-13-17(21-14-22-18)19(25)24-9-7-20(8-10-24)26-11-12-27-20/h3-6,13-14H,2,7-12H2,1H3,(H,21,22,23). The van der Waals surface area contributed by atoms with Gasteiger partial charge in [-0.2, -0.15) is 0 Å². The quantitative estimate of drug-likeness (QED) is 0.894. The minimum absolute atomic E-state index is 0.0883. The summed E-state index contributed by atoms with van der Waals surface area (Å²) >= 11 is 0. The van der Waals surface area contributed by atoms with E-state index in [-0.39, 0.29) is 5.91 Å². The predicted molar refractivity (Wildman–Crippen MR) is 101 cm³/mol. The number of rotatable bonds is 4. The fraction of sp³-hybridized carbons (Fsp3) is 0.450. The molecule has 0 saturated carbocycles. The van der Waals surface area contributed by atoms with Crippen molar-refractivity contribution < 1.29 is 14.3 Å². The van der Waals surface area contributed by atoms with Gasteiger partial charge in [0.15, 0.2) is 5.79 Å². The Balaban J connectivity index is 1.41. The van der Waals surface area contributed by atoms with Crippen molar-refractivity contribution in [3.05, 3.63) is 47.9 Å². The monoisotopic (exact) mass is 368 g/mol. The topological polar surface area (TPSA) is 76.6 Å². The van der Waals surface area contributed by atoms with Crippen LogP contribution in [-0.2, 0) is 15.9 Å². The third-order valence-electron chi connectivity index (χ3n) is 5.15. The van der Waals surface area contributed by atoms with Gasteiger partial charge in [-0.05, 0) is 24.1 Å². The second kappa shape index (κ2) is 7.62. The number of ether oxygens (including phenoxy) is 2. The van der Waals surface area contributed by atoms with Crippen molar-refractivity contribution in [3.63, 3.8) is 0 Å². The molecule has 7 heteroatoms. The zero-order valence-corrected chi connectivity index (χ0v) is 15.5. The van der Waals surface area contributed by atoms with Crippen molar-refractivity contribution in [2.75, 3.05) is 31.6 Å². The summed E-state index contributed by atoms with van der Waals surface area (Å²) in [4.78, 5) is 23.0. The average molecular weight is 368 g/mol. The van der Waals surface area contributed by atoms with E-state index in [2.05, 4.69) is 34.3 Å². The van der Waals surface area contributed by atoms with Crippen LogP contribution in [0, 0.1) is 0 Å². The Morgan fingerprint density at radius 1 is 1.15 bits per heavy atom. The number of piperidine rings is 1. The van der Waals surface area contributed by atoms with Gasteiger partial charge in [-0.3, -0.25) is 4.79 Å². The van der Waals surface area contributed by atoms with Crippen molar-refractivity contribution in [2.45, 2.75) is 32.0 Å². The Bertz CT molecular complexity index is 793. The maximum absolute atomic E-state index is 12.8. The van der Waals surface area contributed by atoms with Crippen molar-refractivity contribution in [1.82, 2.24) is 14.9 Å². The maximum Gasteiger partial charge on any atom is 0.272 e. The molecule has 2 aliphatic rings. The Morgan fingerprint density at radius 3 is 2.52 bits per heavy atom. The lowest BCUT2D eigenvalue weighted by atomic mass is 10.0. The minimum atomic E-state index is -0.486. The van der Waals surface area contributed by atoms with E-state index in [0.717, 1.165) is 12.1 Å². The van der Waals surface area contributed by atoms with Crippen LogP contribution in [0.25, 0.3) is 0 Å². The van der Waals surface area contributed by atoms with Crippen molar-refractivity contribution in [3.8, 4) is 0 Å². The molecule has 2 aliphatic heterocycles. The fourth-order valence-corrected chi connectivity index (χ4v) is 3.51. The maximum atomic E-state index is 12.8. The van der Waals surface area contributed by atoms with Crippen LogP contribution < -0.4 is 5.32 Å². The number of amides is 1. The summed E-state index contributed by atoms with van der Waals surface area (Å²) in [5.74, 6) is 0.0305. The summed E-state index contributed by atoms with van der Waals surface area (Å²) in [6.45, 7) is 4.59. The summed E-state index contributed by atoms with van der Waals surface area (Å²) < 4.78 is 11.4. The van der Waals surface area contributed by atoms with E-state index in [4.69, 9.17) is 9.47 Å². The molecule has 0 radical (unpaired) electrons. The van der Waals surface area contributed by atoms with Gasteiger partial charge < -0.3 is 19.7 Å². The first kappa shape index (κ1) is 17.9. The molecule has 1 aromatic heterocycles. The van der Waals surface area contributed by atoms with E-state index >= 15 is 0 Å². The van der Waals surface area contributed by atoms with Gasteiger partial charge in [0.25, 0.3) is 5.91 Å². The normalized spacial score (nSPS) is 18.6. The molecule has 1 N–H and O–H groups in total. The van der Waals surface area contributed by atoms with Crippen LogP contribution in [-0.4, -0.2) is 52.9 Å². The van der Waals surface area contributed by atoms with Crippen LogP contribution in [0.5, 0.6) is 0 Å². The molecule has 0 atom stereocenters. The number of nitrogens with one attached hydrogen (secondary N) is 1. The lowest BCUT2D eigenvalue weighted by Crippen LogP contribution is -2.47. The number of aryl methyl sites for hydroxylation is 1. The molecule has 7 nitrogen and oxygen atoms in total. The van der Waals surface area contributed by atoms with Crippen molar-refractivity contribution in [1.29, 1.82) is 0 Å². The lowest BCUT2D eigenvalue weighted by molar-refractivity contribution is -0.181. The van der Waals surface area contributed by atoms with Crippen LogP contribution in [0.4, 0.5) is 11.5 Å². The molecule has 2 saturated heterocycles. The van der Waals surface area contributed by atoms with Gasteiger partial charge >= 0.3 is 0 Å². The first-order chi connectivity index (χ1) is 13.2. The van der Waals surface area contributed by atoms with E-state index in [1.807, 2.05) is 12.1 Å². The number of carbonyl (C=O) groups is 1. The molecule has 3 heterocycles. The predicted octanol–water partition coefficient (Wildman–Crippen LogP) is 2.76. The van der Waals surface area contributed by atoms with E-state index in [1.54, 1.807) is 11.0 Å². The molecule has 1 amide bonds. The third kappa shape index (κ3) is 3.94. The summed E-state index contributed by atoms with van der Waals surface area (Å²) in [5, 5.41) is 3.23. The van der Waals surface area contributed by atoms with E-state index in [9.17, 15) is 4.79 Å². The number of hydrogen-bond acceptors (Lipinski definition) is 6. The largest absolute Gasteiger partial charge is 0.347 e. The number of likely N-dealkylation sites (tertiary alicyclic amines) is 1. The Hall–Kier alpha value is -2.51. The van der Waals surface area contributed by atoms with Crippen LogP contribution in [0.3, 0.4) is 0 Å². The molecule has 2 aromatic rings. The number of carbonyl (C=O) groups excluding carboxylic acids is 1. The van der Waals surface area contributed by atoms with Gasteiger partial charge in [-0.25, -0.2) is 9.97 Å². The number of hydrogen-bond donors (Lipinski definition) is 1. The zero-order valence-electron chi connectivity index (χ0n) is 15.5. The average Bonchev–Trinajstić information content (AvgIpc) is 3.17. The first-order valence-electron chi connectivity index (χ1n) is 9.43. The van der Waals surface area contributed by atoms with Crippen LogP contribution >= 0.6 is 0 Å². The Labute approximate surface area is 158 Å². The van der Waals surface area contributed by atoms with Crippen LogP contribution in [0.1, 0.15) is 35.8 Å². The molecule has 27 heavy (non-hydrogen) atoms. The van der Waals surface area contributed by atoms with Gasteiger partial charge in [0, 0.05) is 37.7 Å². The Morgan fingerprint density at radius 2 is 1.85 bits per heavy atom. The van der Waals surface area contributed by atoms with Gasteiger partial charge in [0.05, 0.1) is 13.2 Å². The molecule has 1 spiro atoms. The lowest BCUT2D eigenvalue weighted by Gasteiger charge is -2.37. The van der Waals surface area contributed by atoms with E-state index in [0.29, 0.717) is 50.7 Å². The summed E-state index contributed by atoms with van der Waals surface area (Å²) in [7, 11) is 0. The highest BCUT2D eigenvalue weighted by molar-refractivity contribution is 5.93. The molecule has 1 aromatic carbocycles. The molecule has 142 valence electrons. The second-order valence-electron chi connectivity index (χ2n) is 6.86. The number of benzene rings is 1. The van der Waals surface area contributed by atoms with Gasteiger partial charge in [0.1, 0.15) is 17.8 Å². The number of nitrogens with zero attached hydrogens (tertiary/aromatic N) is 3.